The Morgan fingerprint density at radius 1 is 1.27 bits per heavy atom. The van der Waals surface area contributed by atoms with Crippen molar-refractivity contribution in [1.29, 1.82) is 0 Å². The Bertz CT molecular complexity index is 699. The van der Waals surface area contributed by atoms with Crippen LogP contribution in [0.15, 0.2) is 30.3 Å². The van der Waals surface area contributed by atoms with Crippen LogP contribution in [-0.2, 0) is 10.2 Å². The minimum atomic E-state index is -3.41. The molecule has 1 aromatic rings. The second-order valence-electron chi connectivity index (χ2n) is 7.31. The minimum absolute atomic E-state index is 0.0585. The molecule has 1 aromatic carbocycles. The Morgan fingerprint density at radius 2 is 1.92 bits per heavy atom. The zero-order chi connectivity index (χ0) is 19.3. The first-order valence-electron chi connectivity index (χ1n) is 8.95. The van der Waals surface area contributed by atoms with Crippen LogP contribution >= 0.6 is 0 Å². The molecule has 1 N–H and O–H groups in total. The summed E-state index contributed by atoms with van der Waals surface area (Å²) >= 11 is 0. The first kappa shape index (κ1) is 20.9. The lowest BCUT2D eigenvalue weighted by Gasteiger charge is -2.24. The summed E-state index contributed by atoms with van der Waals surface area (Å²) in [5.74, 6) is 1.57. The van der Waals surface area contributed by atoms with Gasteiger partial charge in [-0.15, -0.1) is 0 Å². The van der Waals surface area contributed by atoms with E-state index in [-0.39, 0.29) is 6.04 Å². The van der Waals surface area contributed by atoms with Gasteiger partial charge < -0.3 is 4.74 Å². The molecule has 0 unspecified atom stereocenters. The minimum Gasteiger partial charge on any atom is -0.497 e. The molecule has 1 saturated heterocycles. The smallest absolute Gasteiger partial charge is 0.279 e. The van der Waals surface area contributed by atoms with Crippen LogP contribution in [0, 0.1) is 11.8 Å². The van der Waals surface area contributed by atoms with Gasteiger partial charge in [-0.1, -0.05) is 38.1 Å². The number of hydrogen-bond donors (Lipinski definition) is 1. The normalized spacial score (nSPS) is 22.0. The van der Waals surface area contributed by atoms with Crippen molar-refractivity contribution in [3.8, 4) is 5.75 Å². The summed E-state index contributed by atoms with van der Waals surface area (Å²) in [6.07, 6.45) is 4.21. The lowest BCUT2D eigenvalue weighted by molar-refractivity contribution is 0.323. The number of rotatable bonds is 8. The predicted molar refractivity (Wildman–Crippen MR) is 106 cm³/mol. The molecule has 0 saturated carbocycles. The third-order valence-corrected chi connectivity index (χ3v) is 6.43. The predicted octanol–water partition coefficient (Wildman–Crippen LogP) is 2.06. The van der Waals surface area contributed by atoms with E-state index in [0.29, 0.717) is 11.8 Å². The summed E-state index contributed by atoms with van der Waals surface area (Å²) in [6, 6.07) is 7.86. The third kappa shape index (κ3) is 5.54. The number of likely N-dealkylation sites (tertiary alicyclic amines) is 1. The summed E-state index contributed by atoms with van der Waals surface area (Å²) in [6.45, 7) is 6.72. The highest BCUT2D eigenvalue weighted by atomic mass is 32.2. The van der Waals surface area contributed by atoms with Gasteiger partial charge in [-0.05, 0) is 29.5 Å². The van der Waals surface area contributed by atoms with Gasteiger partial charge in [0.25, 0.3) is 10.2 Å². The number of benzene rings is 1. The van der Waals surface area contributed by atoms with Crippen LogP contribution in [0.4, 0.5) is 0 Å². The fourth-order valence-corrected chi connectivity index (χ4v) is 4.05. The molecule has 0 amide bonds. The molecule has 0 bridgehead atoms. The second kappa shape index (κ2) is 8.99. The third-order valence-electron chi connectivity index (χ3n) is 4.87. The molecular formula is C19H31N3O3S. The van der Waals surface area contributed by atoms with Gasteiger partial charge in [-0.2, -0.15) is 17.4 Å². The number of nitrogens with zero attached hydrogens (tertiary/aromatic N) is 2. The van der Waals surface area contributed by atoms with Crippen molar-refractivity contribution in [3.63, 3.8) is 0 Å². The van der Waals surface area contributed by atoms with Crippen molar-refractivity contribution in [3.05, 3.63) is 35.9 Å². The first-order valence-corrected chi connectivity index (χ1v) is 10.4. The van der Waals surface area contributed by atoms with Crippen molar-refractivity contribution >= 4 is 16.3 Å². The van der Waals surface area contributed by atoms with Crippen molar-refractivity contribution in [2.45, 2.75) is 19.9 Å². The van der Waals surface area contributed by atoms with Gasteiger partial charge in [0.2, 0.25) is 0 Å². The molecule has 2 atom stereocenters. The number of nitrogens with one attached hydrogen (secondary N) is 1. The van der Waals surface area contributed by atoms with Gasteiger partial charge >= 0.3 is 0 Å². The van der Waals surface area contributed by atoms with Crippen molar-refractivity contribution in [2.75, 3.05) is 40.8 Å². The van der Waals surface area contributed by atoms with E-state index in [1.807, 2.05) is 24.3 Å². The number of hydrogen-bond acceptors (Lipinski definition) is 4. The molecule has 1 aliphatic rings. The highest BCUT2D eigenvalue weighted by molar-refractivity contribution is 7.87. The van der Waals surface area contributed by atoms with E-state index in [1.54, 1.807) is 21.2 Å². The van der Waals surface area contributed by atoms with Gasteiger partial charge in [0.15, 0.2) is 0 Å². The average molecular weight is 382 g/mol. The van der Waals surface area contributed by atoms with E-state index >= 15 is 0 Å². The Morgan fingerprint density at radius 3 is 2.46 bits per heavy atom. The Kier molecular flexibility index (Phi) is 7.23. The van der Waals surface area contributed by atoms with E-state index in [2.05, 4.69) is 35.6 Å². The van der Waals surface area contributed by atoms with Gasteiger partial charge in [0.1, 0.15) is 5.75 Å². The molecule has 6 nitrogen and oxygen atoms in total. The zero-order valence-electron chi connectivity index (χ0n) is 16.3. The summed E-state index contributed by atoms with van der Waals surface area (Å²) < 4.78 is 33.6. The van der Waals surface area contributed by atoms with E-state index in [1.165, 1.54) is 4.31 Å². The molecule has 1 fully saturated rings. The van der Waals surface area contributed by atoms with Crippen LogP contribution in [0.1, 0.15) is 19.4 Å². The molecule has 7 heteroatoms. The van der Waals surface area contributed by atoms with Crippen LogP contribution in [-0.4, -0.2) is 64.5 Å². The second-order valence-corrected chi connectivity index (χ2v) is 9.23. The van der Waals surface area contributed by atoms with Crippen LogP contribution in [0.2, 0.25) is 0 Å². The zero-order valence-corrected chi connectivity index (χ0v) is 17.2. The molecule has 0 aromatic heterocycles. The maximum Gasteiger partial charge on any atom is 0.279 e. The highest BCUT2D eigenvalue weighted by Gasteiger charge is 2.36. The monoisotopic (exact) mass is 381 g/mol. The fourth-order valence-electron chi connectivity index (χ4n) is 3.21. The van der Waals surface area contributed by atoms with E-state index in [0.717, 1.165) is 30.9 Å². The van der Waals surface area contributed by atoms with Crippen LogP contribution < -0.4 is 9.46 Å². The number of methoxy groups -OCH3 is 1. The van der Waals surface area contributed by atoms with Gasteiger partial charge in [-0.3, -0.25) is 4.90 Å². The standard InChI is InChI=1S/C19H31N3O3S/c1-15(2)18-13-22(14-19(18)20-26(23,24)21(3)4)12-6-7-16-8-10-17(25-5)11-9-16/h6-11,15,18-20H,12-14H2,1-5H3/t18-,19+/m0/s1. The van der Waals surface area contributed by atoms with Gasteiger partial charge in [-0.25, -0.2) is 0 Å². The lowest BCUT2D eigenvalue weighted by atomic mass is 9.92. The maximum atomic E-state index is 12.2. The van der Waals surface area contributed by atoms with Crippen LogP contribution in [0.3, 0.4) is 0 Å². The Labute approximate surface area is 158 Å². The molecule has 1 aliphatic heterocycles. The summed E-state index contributed by atoms with van der Waals surface area (Å²) in [5.41, 5.74) is 1.12. The highest BCUT2D eigenvalue weighted by Crippen LogP contribution is 2.25. The number of ether oxygens (including phenoxy) is 1. The van der Waals surface area contributed by atoms with Crippen molar-refractivity contribution in [1.82, 2.24) is 13.9 Å². The largest absolute Gasteiger partial charge is 0.497 e. The molecule has 146 valence electrons. The fraction of sp³-hybridized carbons (Fsp3) is 0.579. The topological polar surface area (TPSA) is 61.9 Å². The van der Waals surface area contributed by atoms with Gasteiger partial charge in [0.05, 0.1) is 7.11 Å². The Hall–Kier alpha value is -1.41. The lowest BCUT2D eigenvalue weighted by Crippen LogP contribution is -2.46. The summed E-state index contributed by atoms with van der Waals surface area (Å²) in [4.78, 5) is 2.30. The van der Waals surface area contributed by atoms with E-state index in [4.69, 9.17) is 4.74 Å². The van der Waals surface area contributed by atoms with Crippen molar-refractivity contribution < 1.29 is 13.2 Å². The quantitative estimate of drug-likeness (QED) is 0.749. The van der Waals surface area contributed by atoms with E-state index in [9.17, 15) is 8.42 Å². The first-order chi connectivity index (χ1) is 12.2. The van der Waals surface area contributed by atoms with Crippen molar-refractivity contribution in [2.24, 2.45) is 11.8 Å². The molecule has 2 rings (SSSR count). The van der Waals surface area contributed by atoms with Gasteiger partial charge in [0, 0.05) is 39.8 Å². The molecule has 0 aliphatic carbocycles. The maximum absolute atomic E-state index is 12.2. The Balaban J connectivity index is 1.97. The SMILES string of the molecule is COc1ccc(C=CCN2C[C@@H](NS(=O)(=O)N(C)C)[C@H](C(C)C)C2)cc1. The molecule has 0 spiro atoms. The average Bonchev–Trinajstić information content (AvgIpc) is 2.97. The van der Waals surface area contributed by atoms with Crippen LogP contribution in [0.25, 0.3) is 6.08 Å². The summed E-state index contributed by atoms with van der Waals surface area (Å²) in [7, 11) is 1.35. The van der Waals surface area contributed by atoms with Crippen LogP contribution in [0.5, 0.6) is 5.75 Å². The van der Waals surface area contributed by atoms with E-state index < -0.39 is 10.2 Å². The molecule has 0 radical (unpaired) electrons. The molecule has 26 heavy (non-hydrogen) atoms. The molecule has 1 heterocycles. The summed E-state index contributed by atoms with van der Waals surface area (Å²) in [5, 5.41) is 0. The molecular weight excluding hydrogens is 350 g/mol.